The van der Waals surface area contributed by atoms with E-state index in [2.05, 4.69) is 26.0 Å². The zero-order valence-electron chi connectivity index (χ0n) is 30.2. The molecule has 1 heteroatoms. The summed E-state index contributed by atoms with van der Waals surface area (Å²) in [6.45, 7) is 4.60. The number of allylic oxidation sites excluding steroid dienone is 2. The van der Waals surface area contributed by atoms with Crippen LogP contribution in [-0.2, 0) is 4.74 Å². The Hall–Kier alpha value is -0.720. The fourth-order valence-corrected chi connectivity index (χ4v) is 6.27. The lowest BCUT2D eigenvalue weighted by atomic mass is 10.0. The molecular formula is C42H82O. The lowest BCUT2D eigenvalue weighted by molar-refractivity contribution is 0.397. The molecule has 0 aromatic rings. The van der Waals surface area contributed by atoms with E-state index in [0.717, 1.165) is 12.8 Å². The van der Waals surface area contributed by atoms with E-state index in [9.17, 15) is 0 Å². The first-order valence-electron chi connectivity index (χ1n) is 20.4. The molecule has 0 spiro atoms. The van der Waals surface area contributed by atoms with Gasteiger partial charge in [-0.25, -0.2) is 0 Å². The van der Waals surface area contributed by atoms with Crippen molar-refractivity contribution in [3.05, 3.63) is 24.7 Å². The molecule has 0 fully saturated rings. The highest BCUT2D eigenvalue weighted by Crippen LogP contribution is 2.16. The van der Waals surface area contributed by atoms with Crippen molar-refractivity contribution in [2.75, 3.05) is 0 Å². The Kier molecular flexibility index (Phi) is 40.6. The van der Waals surface area contributed by atoms with Gasteiger partial charge in [-0.2, -0.15) is 0 Å². The van der Waals surface area contributed by atoms with Crippen LogP contribution in [0.1, 0.15) is 245 Å². The molecule has 0 saturated heterocycles. The zero-order valence-corrected chi connectivity index (χ0v) is 30.2. The number of hydrogen-bond acceptors (Lipinski definition) is 1. The van der Waals surface area contributed by atoms with Crippen molar-refractivity contribution in [1.29, 1.82) is 0 Å². The molecule has 0 bridgehead atoms. The van der Waals surface area contributed by atoms with Crippen LogP contribution in [0.25, 0.3) is 0 Å². The first-order chi connectivity index (χ1) is 21.4. The average Bonchev–Trinajstić information content (AvgIpc) is 3.02. The van der Waals surface area contributed by atoms with Gasteiger partial charge in [-0.15, -0.1) is 0 Å². The largest absolute Gasteiger partial charge is 0.473 e. The molecule has 0 atom stereocenters. The van der Waals surface area contributed by atoms with Crippen molar-refractivity contribution >= 4 is 0 Å². The molecule has 0 saturated carbocycles. The summed E-state index contributed by atoms with van der Waals surface area (Å²) in [4.78, 5) is 0. The summed E-state index contributed by atoms with van der Waals surface area (Å²) < 4.78 is 5.54. The van der Waals surface area contributed by atoms with E-state index >= 15 is 0 Å². The van der Waals surface area contributed by atoms with Crippen LogP contribution in [0.2, 0.25) is 0 Å². The molecule has 0 aliphatic carbocycles. The third-order valence-corrected chi connectivity index (χ3v) is 9.30. The highest BCUT2D eigenvalue weighted by Gasteiger charge is 1.96. The molecule has 0 rings (SSSR count). The van der Waals surface area contributed by atoms with Gasteiger partial charge >= 0.3 is 0 Å². The van der Waals surface area contributed by atoms with Crippen molar-refractivity contribution in [2.24, 2.45) is 0 Å². The van der Waals surface area contributed by atoms with Gasteiger partial charge in [0.25, 0.3) is 0 Å². The third kappa shape index (κ3) is 41.3. The van der Waals surface area contributed by atoms with Crippen LogP contribution in [0.5, 0.6) is 0 Å². The Morgan fingerprint density at radius 3 is 0.651 bits per heavy atom. The maximum absolute atomic E-state index is 5.54. The topological polar surface area (TPSA) is 9.23 Å². The van der Waals surface area contributed by atoms with Crippen LogP contribution in [0.15, 0.2) is 24.7 Å². The van der Waals surface area contributed by atoms with Crippen LogP contribution in [0.4, 0.5) is 0 Å². The molecule has 0 heterocycles. The lowest BCUT2D eigenvalue weighted by Gasteiger charge is -2.03. The SMILES string of the molecule is CCCCCCCCCCCCCCCCCCCC=COC=CCCCCCCCCCCCCCCCCCCC. The Morgan fingerprint density at radius 2 is 0.442 bits per heavy atom. The highest BCUT2D eigenvalue weighted by atomic mass is 16.5. The summed E-state index contributed by atoms with van der Waals surface area (Å²) in [6.07, 6.45) is 59.4. The van der Waals surface area contributed by atoms with Gasteiger partial charge in [-0.3, -0.25) is 0 Å². The molecule has 43 heavy (non-hydrogen) atoms. The van der Waals surface area contributed by atoms with E-state index in [-0.39, 0.29) is 0 Å². The van der Waals surface area contributed by atoms with Crippen LogP contribution in [0, 0.1) is 0 Å². The minimum absolute atomic E-state index is 1.16. The van der Waals surface area contributed by atoms with E-state index in [1.165, 1.54) is 218 Å². The first kappa shape index (κ1) is 42.3. The summed E-state index contributed by atoms with van der Waals surface area (Å²) in [5, 5.41) is 0. The van der Waals surface area contributed by atoms with Crippen molar-refractivity contribution < 1.29 is 4.74 Å². The second kappa shape index (κ2) is 41.3. The summed E-state index contributed by atoms with van der Waals surface area (Å²) >= 11 is 0. The minimum Gasteiger partial charge on any atom is -0.473 e. The van der Waals surface area contributed by atoms with E-state index in [1.54, 1.807) is 0 Å². The maximum atomic E-state index is 5.54. The van der Waals surface area contributed by atoms with E-state index in [0.29, 0.717) is 0 Å². The minimum atomic E-state index is 1.16. The van der Waals surface area contributed by atoms with Gasteiger partial charge in [0.1, 0.15) is 0 Å². The Balaban J connectivity index is 3.14. The predicted octanol–water partition coefficient (Wildman–Crippen LogP) is 16.1. The average molecular weight is 603 g/mol. The standard InChI is InChI=1S/C42H82O/c1-3-5-7-9-11-13-15-17-19-21-23-25-27-29-31-33-35-37-39-41-43-42-40-38-36-34-32-30-28-26-24-22-20-18-16-14-12-10-8-6-4-2/h39-42H,3-38H2,1-2H3. The third-order valence-electron chi connectivity index (χ3n) is 9.30. The first-order valence-corrected chi connectivity index (χ1v) is 20.4. The van der Waals surface area contributed by atoms with Crippen LogP contribution < -0.4 is 0 Å². The number of unbranched alkanes of at least 4 members (excludes halogenated alkanes) is 34. The van der Waals surface area contributed by atoms with Gasteiger partial charge in [0.2, 0.25) is 0 Å². The fourth-order valence-electron chi connectivity index (χ4n) is 6.27. The smallest absolute Gasteiger partial charge is 0.0861 e. The Labute approximate surface area is 273 Å². The molecule has 0 amide bonds. The van der Waals surface area contributed by atoms with Crippen molar-refractivity contribution in [3.63, 3.8) is 0 Å². The van der Waals surface area contributed by atoms with Gasteiger partial charge in [0, 0.05) is 0 Å². The second-order valence-electron chi connectivity index (χ2n) is 13.8. The van der Waals surface area contributed by atoms with Crippen LogP contribution in [-0.4, -0.2) is 0 Å². The van der Waals surface area contributed by atoms with Crippen LogP contribution in [0.3, 0.4) is 0 Å². The predicted molar refractivity (Wildman–Crippen MR) is 197 cm³/mol. The maximum Gasteiger partial charge on any atom is 0.0861 e. The second-order valence-corrected chi connectivity index (χ2v) is 13.8. The molecule has 0 aliphatic rings. The Bertz CT molecular complexity index is 475. The van der Waals surface area contributed by atoms with Gasteiger partial charge in [-0.05, 0) is 37.8 Å². The molecule has 0 aliphatic heterocycles. The normalized spacial score (nSPS) is 11.9. The molecule has 0 N–H and O–H groups in total. The number of hydrogen-bond donors (Lipinski definition) is 0. The van der Waals surface area contributed by atoms with Gasteiger partial charge in [-0.1, -0.05) is 219 Å². The Morgan fingerprint density at radius 1 is 0.256 bits per heavy atom. The molecule has 0 aromatic heterocycles. The molecule has 0 radical (unpaired) electrons. The van der Waals surface area contributed by atoms with Gasteiger partial charge in [0.05, 0.1) is 12.5 Å². The summed E-state index contributed by atoms with van der Waals surface area (Å²) in [5.74, 6) is 0. The monoisotopic (exact) mass is 603 g/mol. The zero-order chi connectivity index (χ0) is 31.0. The summed E-state index contributed by atoms with van der Waals surface area (Å²) in [6, 6.07) is 0. The molecule has 256 valence electrons. The van der Waals surface area contributed by atoms with E-state index in [1.807, 2.05) is 12.5 Å². The number of ether oxygens (including phenoxy) is 1. The van der Waals surface area contributed by atoms with E-state index in [4.69, 9.17) is 4.74 Å². The highest BCUT2D eigenvalue weighted by molar-refractivity contribution is 4.79. The van der Waals surface area contributed by atoms with Crippen molar-refractivity contribution in [2.45, 2.75) is 245 Å². The molecular weight excluding hydrogens is 520 g/mol. The van der Waals surface area contributed by atoms with Crippen molar-refractivity contribution in [3.8, 4) is 0 Å². The summed E-state index contributed by atoms with van der Waals surface area (Å²) in [5.41, 5.74) is 0. The van der Waals surface area contributed by atoms with Crippen LogP contribution >= 0.6 is 0 Å². The quantitative estimate of drug-likeness (QED) is 0.0504. The lowest BCUT2D eigenvalue weighted by Crippen LogP contribution is -1.84. The fraction of sp³-hybridized carbons (Fsp3) is 0.905. The van der Waals surface area contributed by atoms with E-state index < -0.39 is 0 Å². The number of rotatable bonds is 38. The van der Waals surface area contributed by atoms with Crippen molar-refractivity contribution in [1.82, 2.24) is 0 Å². The molecule has 1 nitrogen and oxygen atoms in total. The van der Waals surface area contributed by atoms with Gasteiger partial charge in [0.15, 0.2) is 0 Å². The van der Waals surface area contributed by atoms with Gasteiger partial charge < -0.3 is 4.74 Å². The molecule has 0 unspecified atom stereocenters. The molecule has 0 aromatic carbocycles. The summed E-state index contributed by atoms with van der Waals surface area (Å²) in [7, 11) is 0.